The Kier molecular flexibility index (Phi) is 3.48. The molecular formula is C14H15BrN2S. The minimum Gasteiger partial charge on any atom is -0.211 e. The van der Waals surface area contributed by atoms with Crippen LogP contribution in [0, 0.1) is 0 Å². The minimum atomic E-state index is 0.0437. The van der Waals surface area contributed by atoms with E-state index in [1.165, 1.54) is 49.2 Å². The fourth-order valence-electron chi connectivity index (χ4n) is 2.95. The van der Waals surface area contributed by atoms with Crippen LogP contribution in [0.25, 0.3) is 0 Å². The van der Waals surface area contributed by atoms with Crippen molar-refractivity contribution in [3.8, 4) is 0 Å². The molecular weight excluding hydrogens is 308 g/mol. The van der Waals surface area contributed by atoms with Gasteiger partial charge in [0.05, 0.1) is 5.41 Å². The SMILES string of the molecule is Brc1nc(C2(c3ccccc3)CCCCC2)ns1. The topological polar surface area (TPSA) is 25.8 Å². The summed E-state index contributed by atoms with van der Waals surface area (Å²) in [6.07, 6.45) is 6.21. The van der Waals surface area contributed by atoms with E-state index in [0.717, 1.165) is 9.74 Å². The van der Waals surface area contributed by atoms with Crippen LogP contribution >= 0.6 is 27.5 Å². The quantitative estimate of drug-likeness (QED) is 0.810. The zero-order chi connectivity index (χ0) is 12.4. The molecule has 0 aliphatic heterocycles. The molecule has 1 aromatic carbocycles. The van der Waals surface area contributed by atoms with Crippen molar-refractivity contribution in [1.82, 2.24) is 9.36 Å². The van der Waals surface area contributed by atoms with Crippen molar-refractivity contribution in [1.29, 1.82) is 0 Å². The number of nitrogens with zero attached hydrogens (tertiary/aromatic N) is 2. The van der Waals surface area contributed by atoms with Gasteiger partial charge < -0.3 is 0 Å². The first-order chi connectivity index (χ1) is 8.81. The molecule has 0 saturated heterocycles. The van der Waals surface area contributed by atoms with Crippen molar-refractivity contribution in [3.63, 3.8) is 0 Å². The molecule has 2 aromatic rings. The van der Waals surface area contributed by atoms with Gasteiger partial charge in [0.25, 0.3) is 0 Å². The monoisotopic (exact) mass is 322 g/mol. The molecule has 1 aromatic heterocycles. The first kappa shape index (κ1) is 12.3. The van der Waals surface area contributed by atoms with Crippen LogP contribution in [-0.4, -0.2) is 9.36 Å². The molecule has 0 spiro atoms. The summed E-state index contributed by atoms with van der Waals surface area (Å²) in [6, 6.07) is 10.8. The number of aromatic nitrogens is 2. The highest BCUT2D eigenvalue weighted by Crippen LogP contribution is 2.44. The molecule has 1 aliphatic rings. The zero-order valence-electron chi connectivity index (χ0n) is 10.1. The summed E-state index contributed by atoms with van der Waals surface area (Å²) >= 11 is 4.89. The molecule has 0 amide bonds. The molecule has 1 fully saturated rings. The zero-order valence-corrected chi connectivity index (χ0v) is 12.5. The van der Waals surface area contributed by atoms with Crippen molar-refractivity contribution >= 4 is 27.5 Å². The Morgan fingerprint density at radius 2 is 1.78 bits per heavy atom. The van der Waals surface area contributed by atoms with Gasteiger partial charge in [-0.05, 0) is 45.9 Å². The van der Waals surface area contributed by atoms with E-state index >= 15 is 0 Å². The maximum absolute atomic E-state index is 4.61. The van der Waals surface area contributed by atoms with Crippen LogP contribution in [0.4, 0.5) is 0 Å². The molecule has 0 radical (unpaired) electrons. The average molecular weight is 323 g/mol. The van der Waals surface area contributed by atoms with E-state index in [4.69, 9.17) is 0 Å². The van der Waals surface area contributed by atoms with Gasteiger partial charge in [-0.1, -0.05) is 49.6 Å². The lowest BCUT2D eigenvalue weighted by molar-refractivity contribution is 0.333. The highest BCUT2D eigenvalue weighted by atomic mass is 79.9. The third-order valence-corrected chi connectivity index (χ3v) is 4.98. The number of hydrogen-bond acceptors (Lipinski definition) is 3. The Balaban J connectivity index is 2.09. The molecule has 1 saturated carbocycles. The van der Waals surface area contributed by atoms with Crippen molar-refractivity contribution < 1.29 is 0 Å². The highest BCUT2D eigenvalue weighted by Gasteiger charge is 2.39. The second-order valence-electron chi connectivity index (χ2n) is 4.88. The molecule has 0 unspecified atom stereocenters. The lowest BCUT2D eigenvalue weighted by Crippen LogP contribution is -2.31. The van der Waals surface area contributed by atoms with Crippen molar-refractivity contribution in [2.45, 2.75) is 37.5 Å². The maximum atomic E-state index is 4.61. The minimum absolute atomic E-state index is 0.0437. The third kappa shape index (κ3) is 2.12. The Labute approximate surface area is 120 Å². The van der Waals surface area contributed by atoms with Crippen LogP contribution in [0.15, 0.2) is 34.2 Å². The Hall–Kier alpha value is -0.740. The standard InChI is InChI=1S/C14H15BrN2S/c15-13-16-12(17-18-13)14(9-5-2-6-10-14)11-7-3-1-4-8-11/h1,3-4,7-8H,2,5-6,9-10H2. The number of rotatable bonds is 2. The molecule has 0 N–H and O–H groups in total. The fraction of sp³-hybridized carbons (Fsp3) is 0.429. The molecule has 1 aliphatic carbocycles. The van der Waals surface area contributed by atoms with Crippen LogP contribution in [0.1, 0.15) is 43.5 Å². The smallest absolute Gasteiger partial charge is 0.179 e. The van der Waals surface area contributed by atoms with Gasteiger partial charge >= 0.3 is 0 Å². The Morgan fingerprint density at radius 1 is 1.06 bits per heavy atom. The third-order valence-electron chi connectivity index (χ3n) is 3.86. The largest absolute Gasteiger partial charge is 0.211 e. The predicted octanol–water partition coefficient (Wildman–Crippen LogP) is 4.55. The number of halogens is 1. The van der Waals surface area contributed by atoms with Gasteiger partial charge in [0.1, 0.15) is 0 Å². The van der Waals surface area contributed by atoms with Gasteiger partial charge in [-0.25, -0.2) is 4.98 Å². The lowest BCUT2D eigenvalue weighted by Gasteiger charge is -2.35. The molecule has 3 rings (SSSR count). The van der Waals surface area contributed by atoms with Gasteiger partial charge in [0, 0.05) is 0 Å². The van der Waals surface area contributed by atoms with Crippen LogP contribution in [-0.2, 0) is 5.41 Å². The molecule has 0 bridgehead atoms. The maximum Gasteiger partial charge on any atom is 0.179 e. The summed E-state index contributed by atoms with van der Waals surface area (Å²) in [6.45, 7) is 0. The molecule has 1 heterocycles. The van der Waals surface area contributed by atoms with Crippen LogP contribution in [0.5, 0.6) is 0 Å². The molecule has 2 nitrogen and oxygen atoms in total. The summed E-state index contributed by atoms with van der Waals surface area (Å²) < 4.78 is 5.46. The number of benzene rings is 1. The molecule has 0 atom stereocenters. The van der Waals surface area contributed by atoms with Crippen LogP contribution < -0.4 is 0 Å². The van der Waals surface area contributed by atoms with Gasteiger partial charge in [-0.15, -0.1) is 0 Å². The molecule has 4 heteroatoms. The normalized spacial score (nSPS) is 18.7. The van der Waals surface area contributed by atoms with E-state index in [1.54, 1.807) is 0 Å². The van der Waals surface area contributed by atoms with Gasteiger partial charge in [0.2, 0.25) is 0 Å². The predicted molar refractivity (Wildman–Crippen MR) is 77.9 cm³/mol. The second-order valence-corrected chi connectivity index (χ2v) is 6.91. The van der Waals surface area contributed by atoms with Crippen molar-refractivity contribution in [2.24, 2.45) is 0 Å². The first-order valence-electron chi connectivity index (χ1n) is 6.36. The summed E-state index contributed by atoms with van der Waals surface area (Å²) in [5.74, 6) is 1.00. The van der Waals surface area contributed by atoms with E-state index in [-0.39, 0.29) is 5.41 Å². The summed E-state index contributed by atoms with van der Waals surface area (Å²) in [7, 11) is 0. The molecule has 18 heavy (non-hydrogen) atoms. The second kappa shape index (κ2) is 5.10. The van der Waals surface area contributed by atoms with Gasteiger partial charge in [0.15, 0.2) is 9.74 Å². The van der Waals surface area contributed by atoms with E-state index in [0.29, 0.717) is 0 Å². The van der Waals surface area contributed by atoms with Crippen molar-refractivity contribution in [3.05, 3.63) is 45.6 Å². The van der Waals surface area contributed by atoms with E-state index in [1.807, 2.05) is 0 Å². The Bertz CT molecular complexity index is 518. The van der Waals surface area contributed by atoms with E-state index in [9.17, 15) is 0 Å². The Morgan fingerprint density at radius 3 is 2.39 bits per heavy atom. The number of hydrogen-bond donors (Lipinski definition) is 0. The summed E-state index contributed by atoms with van der Waals surface area (Å²) in [5, 5.41) is 0. The molecule has 94 valence electrons. The van der Waals surface area contributed by atoms with Gasteiger partial charge in [-0.3, -0.25) is 0 Å². The van der Waals surface area contributed by atoms with Crippen LogP contribution in [0.3, 0.4) is 0 Å². The van der Waals surface area contributed by atoms with Gasteiger partial charge in [-0.2, -0.15) is 4.37 Å². The fourth-order valence-corrected chi connectivity index (χ4v) is 3.84. The summed E-state index contributed by atoms with van der Waals surface area (Å²) in [5.41, 5.74) is 1.41. The highest BCUT2D eigenvalue weighted by molar-refractivity contribution is 9.11. The average Bonchev–Trinajstić information content (AvgIpc) is 2.88. The van der Waals surface area contributed by atoms with E-state index < -0.39 is 0 Å². The lowest BCUT2D eigenvalue weighted by atomic mass is 9.69. The van der Waals surface area contributed by atoms with E-state index in [2.05, 4.69) is 55.6 Å². The van der Waals surface area contributed by atoms with Crippen LogP contribution in [0.2, 0.25) is 0 Å². The van der Waals surface area contributed by atoms with Crippen molar-refractivity contribution in [2.75, 3.05) is 0 Å². The first-order valence-corrected chi connectivity index (χ1v) is 7.93. The summed E-state index contributed by atoms with van der Waals surface area (Å²) in [4.78, 5) is 4.61.